The van der Waals surface area contributed by atoms with E-state index >= 15 is 0 Å². The molecular formula is C12H21N5OS2. The molecule has 2 atom stereocenters. The minimum atomic E-state index is -0.540. The molecule has 6 nitrogen and oxygen atoms in total. The van der Waals surface area contributed by atoms with Gasteiger partial charge in [0.25, 0.3) is 0 Å². The highest BCUT2D eigenvalue weighted by Crippen LogP contribution is 2.41. The van der Waals surface area contributed by atoms with Crippen LogP contribution in [0.5, 0.6) is 0 Å². The normalized spacial score (nSPS) is 25.9. The molecule has 1 aliphatic carbocycles. The van der Waals surface area contributed by atoms with E-state index in [0.717, 1.165) is 35.3 Å². The SMILES string of the molecule is CCNC1(C(N)=O)CCC(Sc2nnc(N(C)C)s2)C1. The van der Waals surface area contributed by atoms with Crippen molar-refractivity contribution in [2.24, 2.45) is 5.73 Å². The number of rotatable bonds is 6. The number of carbonyl (C=O) groups is 1. The molecule has 0 aliphatic heterocycles. The van der Waals surface area contributed by atoms with Gasteiger partial charge in [-0.3, -0.25) is 4.79 Å². The first kappa shape index (κ1) is 15.5. The Morgan fingerprint density at radius 2 is 2.35 bits per heavy atom. The number of nitrogens with two attached hydrogens (primary N) is 1. The van der Waals surface area contributed by atoms with Gasteiger partial charge in [0.05, 0.1) is 5.54 Å². The number of nitrogens with zero attached hydrogens (tertiary/aromatic N) is 3. The summed E-state index contributed by atoms with van der Waals surface area (Å²) in [5.74, 6) is -0.242. The Morgan fingerprint density at radius 3 is 2.90 bits per heavy atom. The fraction of sp³-hybridized carbons (Fsp3) is 0.750. The van der Waals surface area contributed by atoms with Crippen molar-refractivity contribution in [1.82, 2.24) is 15.5 Å². The van der Waals surface area contributed by atoms with Gasteiger partial charge >= 0.3 is 0 Å². The number of thioether (sulfide) groups is 1. The Balaban J connectivity index is 2.00. The fourth-order valence-corrected chi connectivity index (χ4v) is 4.79. The lowest BCUT2D eigenvalue weighted by atomic mass is 9.97. The Bertz CT molecular complexity index is 478. The van der Waals surface area contributed by atoms with Gasteiger partial charge in [-0.15, -0.1) is 10.2 Å². The van der Waals surface area contributed by atoms with Crippen LogP contribution in [-0.2, 0) is 4.79 Å². The Kier molecular flexibility index (Phi) is 4.87. The van der Waals surface area contributed by atoms with Crippen molar-refractivity contribution < 1.29 is 4.79 Å². The van der Waals surface area contributed by atoms with E-state index in [-0.39, 0.29) is 5.91 Å². The van der Waals surface area contributed by atoms with E-state index in [1.165, 1.54) is 0 Å². The van der Waals surface area contributed by atoms with Gasteiger partial charge in [0, 0.05) is 19.3 Å². The van der Waals surface area contributed by atoms with Crippen molar-refractivity contribution in [3.63, 3.8) is 0 Å². The summed E-state index contributed by atoms with van der Waals surface area (Å²) in [4.78, 5) is 13.7. The van der Waals surface area contributed by atoms with E-state index in [1.807, 2.05) is 25.9 Å². The molecule has 0 aromatic carbocycles. The summed E-state index contributed by atoms with van der Waals surface area (Å²) in [5, 5.41) is 12.9. The average Bonchev–Trinajstić information content (AvgIpc) is 2.98. The quantitative estimate of drug-likeness (QED) is 0.817. The molecule has 8 heteroatoms. The minimum Gasteiger partial charge on any atom is -0.368 e. The number of likely N-dealkylation sites (N-methyl/N-ethyl adjacent to an activating group) is 1. The molecule has 112 valence electrons. The van der Waals surface area contributed by atoms with Crippen molar-refractivity contribution in [2.45, 2.75) is 41.3 Å². The van der Waals surface area contributed by atoms with Crippen LogP contribution >= 0.6 is 23.1 Å². The summed E-state index contributed by atoms with van der Waals surface area (Å²) < 4.78 is 0.954. The molecule has 2 rings (SSSR count). The van der Waals surface area contributed by atoms with Crippen molar-refractivity contribution in [1.29, 1.82) is 0 Å². The first-order valence-corrected chi connectivity index (χ1v) is 8.39. The lowest BCUT2D eigenvalue weighted by Gasteiger charge is -2.26. The smallest absolute Gasteiger partial charge is 0.237 e. The molecule has 3 N–H and O–H groups in total. The number of anilines is 1. The highest BCUT2D eigenvalue weighted by atomic mass is 32.2. The van der Waals surface area contributed by atoms with E-state index in [0.29, 0.717) is 5.25 Å². The van der Waals surface area contributed by atoms with Crippen LogP contribution in [0.4, 0.5) is 5.13 Å². The van der Waals surface area contributed by atoms with Crippen molar-refractivity contribution in [2.75, 3.05) is 25.5 Å². The molecular weight excluding hydrogens is 294 g/mol. The highest BCUT2D eigenvalue weighted by Gasteiger charge is 2.43. The number of nitrogens with one attached hydrogen (secondary N) is 1. The molecule has 0 saturated heterocycles. The fourth-order valence-electron chi connectivity index (χ4n) is 2.48. The second kappa shape index (κ2) is 6.28. The predicted octanol–water partition coefficient (Wildman–Crippen LogP) is 1.08. The van der Waals surface area contributed by atoms with Gasteiger partial charge in [0.1, 0.15) is 0 Å². The number of hydrogen-bond donors (Lipinski definition) is 2. The molecule has 0 spiro atoms. The molecule has 0 bridgehead atoms. The summed E-state index contributed by atoms with van der Waals surface area (Å²) in [7, 11) is 3.90. The molecule has 1 aromatic heterocycles. The van der Waals surface area contributed by atoms with Gasteiger partial charge < -0.3 is 16.0 Å². The average molecular weight is 315 g/mol. The maximum atomic E-state index is 11.7. The van der Waals surface area contributed by atoms with Gasteiger partial charge in [0.2, 0.25) is 11.0 Å². The molecule has 1 amide bonds. The number of hydrogen-bond acceptors (Lipinski definition) is 7. The minimum absolute atomic E-state index is 0.242. The lowest BCUT2D eigenvalue weighted by Crippen LogP contribution is -2.53. The number of carbonyl (C=O) groups excluding carboxylic acids is 1. The standard InChI is InChI=1S/C12H21N5OS2/c1-4-14-12(9(13)18)6-5-8(7-12)19-11-16-15-10(20-11)17(2)3/h8,14H,4-7H2,1-3H3,(H2,13,18). The summed E-state index contributed by atoms with van der Waals surface area (Å²) in [6, 6.07) is 0. The molecule has 2 unspecified atom stereocenters. The summed E-state index contributed by atoms with van der Waals surface area (Å²) in [6.45, 7) is 2.75. The van der Waals surface area contributed by atoms with Gasteiger partial charge in [-0.25, -0.2) is 0 Å². The van der Waals surface area contributed by atoms with Crippen LogP contribution in [0, 0.1) is 0 Å². The second-order valence-corrected chi connectivity index (χ2v) is 7.71. The largest absolute Gasteiger partial charge is 0.368 e. The maximum Gasteiger partial charge on any atom is 0.237 e. The van der Waals surface area contributed by atoms with Crippen LogP contribution in [-0.4, -0.2) is 47.5 Å². The number of aromatic nitrogens is 2. The Hall–Kier alpha value is -0.860. The zero-order chi connectivity index (χ0) is 14.8. The predicted molar refractivity (Wildman–Crippen MR) is 83.3 cm³/mol. The summed E-state index contributed by atoms with van der Waals surface area (Å²) >= 11 is 3.29. The van der Waals surface area contributed by atoms with Crippen LogP contribution in [0.25, 0.3) is 0 Å². The van der Waals surface area contributed by atoms with Crippen LogP contribution in [0.15, 0.2) is 4.34 Å². The Labute approximate surface area is 127 Å². The molecule has 1 aromatic rings. The molecule has 1 heterocycles. The van der Waals surface area contributed by atoms with Gasteiger partial charge in [-0.1, -0.05) is 30.0 Å². The Morgan fingerprint density at radius 1 is 1.60 bits per heavy atom. The highest BCUT2D eigenvalue weighted by molar-refractivity contribution is 8.01. The monoisotopic (exact) mass is 315 g/mol. The van der Waals surface area contributed by atoms with E-state index in [2.05, 4.69) is 15.5 Å². The third-order valence-corrected chi connectivity index (χ3v) is 5.95. The van der Waals surface area contributed by atoms with Crippen molar-refractivity contribution >= 4 is 34.1 Å². The van der Waals surface area contributed by atoms with E-state index < -0.39 is 5.54 Å². The number of primary amides is 1. The zero-order valence-electron chi connectivity index (χ0n) is 12.0. The topological polar surface area (TPSA) is 84.1 Å². The first-order valence-electron chi connectivity index (χ1n) is 6.69. The number of amides is 1. The third kappa shape index (κ3) is 3.24. The van der Waals surface area contributed by atoms with Gasteiger partial charge in [-0.2, -0.15) is 0 Å². The summed E-state index contributed by atoms with van der Waals surface area (Å²) in [5.41, 5.74) is 5.04. The van der Waals surface area contributed by atoms with E-state index in [1.54, 1.807) is 23.1 Å². The maximum absolute atomic E-state index is 11.7. The third-order valence-electron chi connectivity index (χ3n) is 3.50. The van der Waals surface area contributed by atoms with E-state index in [4.69, 9.17) is 5.73 Å². The zero-order valence-corrected chi connectivity index (χ0v) is 13.7. The first-order chi connectivity index (χ1) is 9.47. The molecule has 1 saturated carbocycles. The molecule has 0 radical (unpaired) electrons. The van der Waals surface area contributed by atoms with Crippen LogP contribution < -0.4 is 16.0 Å². The van der Waals surface area contributed by atoms with Crippen molar-refractivity contribution in [3.8, 4) is 0 Å². The lowest BCUT2D eigenvalue weighted by molar-refractivity contribution is -0.124. The van der Waals surface area contributed by atoms with Gasteiger partial charge in [0.15, 0.2) is 4.34 Å². The van der Waals surface area contributed by atoms with Crippen LogP contribution in [0.3, 0.4) is 0 Å². The van der Waals surface area contributed by atoms with Crippen LogP contribution in [0.2, 0.25) is 0 Å². The molecule has 1 fully saturated rings. The second-order valence-electron chi connectivity index (χ2n) is 5.20. The molecule has 1 aliphatic rings. The summed E-state index contributed by atoms with van der Waals surface area (Å²) in [6.07, 6.45) is 2.53. The van der Waals surface area contributed by atoms with Crippen molar-refractivity contribution in [3.05, 3.63) is 0 Å². The van der Waals surface area contributed by atoms with Gasteiger partial charge in [-0.05, 0) is 25.8 Å². The van der Waals surface area contributed by atoms with E-state index in [9.17, 15) is 4.79 Å². The van der Waals surface area contributed by atoms with Crippen LogP contribution in [0.1, 0.15) is 26.2 Å². The molecule has 20 heavy (non-hydrogen) atoms.